The van der Waals surface area contributed by atoms with Gasteiger partial charge in [-0.2, -0.15) is 0 Å². The number of likely N-dealkylation sites (tertiary alicyclic amines) is 1. The maximum absolute atomic E-state index is 11.2. The largest absolute Gasteiger partial charge is 0.340 e. The van der Waals surface area contributed by atoms with Gasteiger partial charge in [-0.1, -0.05) is 13.8 Å². The first kappa shape index (κ1) is 11.5. The number of nitrogens with zero attached hydrogens (tertiary/aromatic N) is 1. The fraction of sp³-hybridized carbons (Fsp3) is 0.900. The molecule has 1 saturated heterocycles. The van der Waals surface area contributed by atoms with Crippen molar-refractivity contribution >= 4 is 5.91 Å². The van der Waals surface area contributed by atoms with Crippen molar-refractivity contribution in [1.29, 1.82) is 0 Å². The molecule has 1 amide bonds. The first-order chi connectivity index (χ1) is 5.72. The molecule has 1 aliphatic heterocycles. The molecule has 0 radical (unpaired) electrons. The Balaban J connectivity index is 0.000000561. The minimum absolute atomic E-state index is 0.334. The molecule has 1 fully saturated rings. The molecule has 0 aliphatic carbocycles. The van der Waals surface area contributed by atoms with E-state index in [0.29, 0.717) is 11.9 Å². The van der Waals surface area contributed by atoms with Crippen molar-refractivity contribution in [2.24, 2.45) is 0 Å². The highest BCUT2D eigenvalue weighted by atomic mass is 16.2. The molecule has 2 nitrogen and oxygen atoms in total. The van der Waals surface area contributed by atoms with E-state index in [1.165, 1.54) is 6.42 Å². The van der Waals surface area contributed by atoms with Gasteiger partial charge in [-0.15, -0.1) is 0 Å². The molecule has 0 aromatic heterocycles. The van der Waals surface area contributed by atoms with Crippen LogP contribution in [0, 0.1) is 0 Å². The molecule has 0 atom stereocenters. The Hall–Kier alpha value is -0.530. The van der Waals surface area contributed by atoms with Gasteiger partial charge in [-0.25, -0.2) is 0 Å². The topological polar surface area (TPSA) is 20.3 Å². The summed E-state index contributed by atoms with van der Waals surface area (Å²) in [4.78, 5) is 13.1. The van der Waals surface area contributed by atoms with Crippen LogP contribution in [0.2, 0.25) is 0 Å². The zero-order chi connectivity index (χ0) is 9.56. The normalized spacial score (nSPS) is 17.4. The van der Waals surface area contributed by atoms with Crippen molar-refractivity contribution in [3.63, 3.8) is 0 Å². The van der Waals surface area contributed by atoms with E-state index in [1.54, 1.807) is 0 Å². The van der Waals surface area contributed by atoms with Crippen LogP contribution in [0.5, 0.6) is 0 Å². The van der Waals surface area contributed by atoms with Crippen molar-refractivity contribution in [1.82, 2.24) is 4.90 Å². The van der Waals surface area contributed by atoms with Gasteiger partial charge in [0.05, 0.1) is 0 Å². The minimum Gasteiger partial charge on any atom is -0.340 e. The molecule has 0 spiro atoms. The molecule has 0 aromatic carbocycles. The summed E-state index contributed by atoms with van der Waals surface area (Å²) in [6.07, 6.45) is 3.03. The lowest BCUT2D eigenvalue weighted by Crippen LogP contribution is -2.40. The number of amides is 1. The second-order valence-electron chi connectivity index (χ2n) is 3.14. The molecule has 1 aliphatic rings. The Morgan fingerprint density at radius 3 is 2.17 bits per heavy atom. The van der Waals surface area contributed by atoms with E-state index in [-0.39, 0.29) is 0 Å². The van der Waals surface area contributed by atoms with E-state index in [9.17, 15) is 4.79 Å². The van der Waals surface area contributed by atoms with E-state index >= 15 is 0 Å². The lowest BCUT2D eigenvalue weighted by atomic mass is 10.1. The smallest absolute Gasteiger partial charge is 0.222 e. The molecule has 2 heteroatoms. The maximum atomic E-state index is 11.2. The molecule has 0 saturated carbocycles. The second-order valence-corrected chi connectivity index (χ2v) is 3.14. The fourth-order valence-electron chi connectivity index (χ4n) is 1.37. The highest BCUT2D eigenvalue weighted by Crippen LogP contribution is 2.12. The third-order valence-corrected chi connectivity index (χ3v) is 1.98. The molecular weight excluding hydrogens is 150 g/mol. The van der Waals surface area contributed by atoms with Crippen molar-refractivity contribution in [3.8, 4) is 0 Å². The minimum atomic E-state index is 0.334. The number of piperidine rings is 1. The molecule has 72 valence electrons. The first-order valence-electron chi connectivity index (χ1n) is 5.01. The first-order valence-corrected chi connectivity index (χ1v) is 5.01. The van der Waals surface area contributed by atoms with Gasteiger partial charge in [0.1, 0.15) is 0 Å². The Kier molecular flexibility index (Phi) is 5.77. The fourth-order valence-corrected chi connectivity index (χ4v) is 1.37. The Morgan fingerprint density at radius 2 is 1.83 bits per heavy atom. The van der Waals surface area contributed by atoms with Gasteiger partial charge < -0.3 is 4.90 Å². The lowest BCUT2D eigenvalue weighted by molar-refractivity contribution is -0.135. The number of carbonyl (C=O) groups is 1. The van der Waals surface area contributed by atoms with Crippen molar-refractivity contribution in [2.45, 2.75) is 53.0 Å². The number of rotatable bonds is 1. The van der Waals surface area contributed by atoms with Crippen LogP contribution in [-0.4, -0.2) is 23.4 Å². The van der Waals surface area contributed by atoms with Crippen molar-refractivity contribution in [2.75, 3.05) is 6.54 Å². The summed E-state index contributed by atoms with van der Waals surface area (Å²) in [6.45, 7) is 9.11. The van der Waals surface area contributed by atoms with Crippen LogP contribution in [0.1, 0.15) is 47.0 Å². The van der Waals surface area contributed by atoms with Crippen LogP contribution in [0.3, 0.4) is 0 Å². The molecule has 1 rings (SSSR count). The van der Waals surface area contributed by atoms with Gasteiger partial charge in [-0.05, 0) is 26.7 Å². The highest BCUT2D eigenvalue weighted by molar-refractivity contribution is 5.77. The Bertz CT molecular complexity index is 132. The number of carbonyl (C=O) groups excluding carboxylic acids is 1. The molecular formula is C10H21NO. The van der Waals surface area contributed by atoms with Crippen LogP contribution >= 0.6 is 0 Å². The van der Waals surface area contributed by atoms with E-state index in [2.05, 4.69) is 13.8 Å². The Labute approximate surface area is 75.9 Å². The monoisotopic (exact) mass is 171 g/mol. The van der Waals surface area contributed by atoms with Crippen molar-refractivity contribution < 1.29 is 4.79 Å². The van der Waals surface area contributed by atoms with Crippen LogP contribution in [0.4, 0.5) is 0 Å². The van der Waals surface area contributed by atoms with Crippen LogP contribution < -0.4 is 0 Å². The molecule has 0 bridgehead atoms. The maximum Gasteiger partial charge on any atom is 0.222 e. The molecule has 0 unspecified atom stereocenters. The standard InChI is InChI=1S/C8H15NO.C2H6/c1-7(2)9-6-4-3-5-8(9)10;1-2/h7H,3-6H2,1-2H3;1-2H3. The van der Waals surface area contributed by atoms with Gasteiger partial charge in [0.25, 0.3) is 0 Å². The van der Waals surface area contributed by atoms with E-state index in [1.807, 2.05) is 18.7 Å². The summed E-state index contributed by atoms with van der Waals surface area (Å²) in [7, 11) is 0. The van der Waals surface area contributed by atoms with Gasteiger partial charge >= 0.3 is 0 Å². The molecule has 1 heterocycles. The summed E-state index contributed by atoms with van der Waals surface area (Å²) >= 11 is 0. The zero-order valence-corrected chi connectivity index (χ0v) is 8.76. The van der Waals surface area contributed by atoms with Crippen molar-refractivity contribution in [3.05, 3.63) is 0 Å². The third-order valence-electron chi connectivity index (χ3n) is 1.98. The summed E-state index contributed by atoms with van der Waals surface area (Å²) < 4.78 is 0. The molecule has 12 heavy (non-hydrogen) atoms. The Morgan fingerprint density at radius 1 is 1.25 bits per heavy atom. The zero-order valence-electron chi connectivity index (χ0n) is 8.76. The van der Waals surface area contributed by atoms with Gasteiger partial charge in [0, 0.05) is 19.0 Å². The number of hydrogen-bond donors (Lipinski definition) is 0. The van der Waals surface area contributed by atoms with Crippen LogP contribution in [0.15, 0.2) is 0 Å². The summed E-state index contributed by atoms with van der Waals surface area (Å²) in [5.41, 5.74) is 0. The molecule has 0 N–H and O–H groups in total. The lowest BCUT2D eigenvalue weighted by Gasteiger charge is -2.30. The highest BCUT2D eigenvalue weighted by Gasteiger charge is 2.19. The average Bonchev–Trinajstić information content (AvgIpc) is 2.08. The SMILES string of the molecule is CC.CC(C)N1CCCCC1=O. The van der Waals surface area contributed by atoms with Gasteiger partial charge in [0.15, 0.2) is 0 Å². The number of hydrogen-bond acceptors (Lipinski definition) is 1. The predicted molar refractivity (Wildman–Crippen MR) is 52.0 cm³/mol. The summed E-state index contributed by atoms with van der Waals surface area (Å²) in [5, 5.41) is 0. The third kappa shape index (κ3) is 3.24. The quantitative estimate of drug-likeness (QED) is 0.593. The van der Waals surface area contributed by atoms with E-state index in [4.69, 9.17) is 0 Å². The summed E-state index contributed by atoms with van der Waals surface area (Å²) in [5.74, 6) is 0.334. The van der Waals surface area contributed by atoms with Crippen LogP contribution in [-0.2, 0) is 4.79 Å². The summed E-state index contributed by atoms with van der Waals surface area (Å²) in [6, 6.07) is 0.396. The molecule has 0 aromatic rings. The van der Waals surface area contributed by atoms with Gasteiger partial charge in [0.2, 0.25) is 5.91 Å². The van der Waals surface area contributed by atoms with Crippen LogP contribution in [0.25, 0.3) is 0 Å². The second kappa shape index (κ2) is 6.04. The van der Waals surface area contributed by atoms with E-state index in [0.717, 1.165) is 19.4 Å². The van der Waals surface area contributed by atoms with E-state index < -0.39 is 0 Å². The average molecular weight is 171 g/mol. The van der Waals surface area contributed by atoms with Gasteiger partial charge in [-0.3, -0.25) is 4.79 Å². The predicted octanol–water partition coefficient (Wildman–Crippen LogP) is 2.43.